The zero-order valence-corrected chi connectivity index (χ0v) is 21.1. The number of piperidine rings is 1. The second-order valence-corrected chi connectivity index (χ2v) is 11.2. The van der Waals surface area contributed by atoms with Crippen LogP contribution in [0.15, 0.2) is 58.8 Å². The fourth-order valence-electron chi connectivity index (χ4n) is 4.00. The average Bonchev–Trinajstić information content (AvgIpc) is 3.06. The van der Waals surface area contributed by atoms with Crippen LogP contribution in [0.1, 0.15) is 33.6 Å². The lowest BCUT2D eigenvalue weighted by Gasteiger charge is -2.33. The van der Waals surface area contributed by atoms with Gasteiger partial charge in [-0.2, -0.15) is 0 Å². The minimum atomic E-state index is -3.73. The summed E-state index contributed by atoms with van der Waals surface area (Å²) in [5.41, 5.74) is 0.957. The number of methoxy groups -OCH3 is 2. The summed E-state index contributed by atoms with van der Waals surface area (Å²) in [6.07, 6.45) is 8.28. The number of allylic oxidation sites excluding steroid dienone is 2. The minimum Gasteiger partial charge on any atom is -0.465 e. The van der Waals surface area contributed by atoms with Crippen LogP contribution in [0.3, 0.4) is 0 Å². The lowest BCUT2D eigenvalue weighted by atomic mass is 9.99. The van der Waals surface area contributed by atoms with Gasteiger partial charge >= 0.3 is 11.9 Å². The number of carbonyl (C=O) groups excluding carboxylic acids is 2. The van der Waals surface area contributed by atoms with Crippen LogP contribution in [0.25, 0.3) is 0 Å². The van der Waals surface area contributed by atoms with Crippen LogP contribution in [-0.4, -0.2) is 52.9 Å². The van der Waals surface area contributed by atoms with Crippen LogP contribution in [0, 0.1) is 5.92 Å². The Balaban J connectivity index is 2.27. The van der Waals surface area contributed by atoms with Crippen LogP contribution < -0.4 is 9.80 Å². The molecule has 0 aromatic heterocycles. The first-order valence-corrected chi connectivity index (χ1v) is 12.8. The Hall–Kier alpha value is -3.07. The van der Waals surface area contributed by atoms with Gasteiger partial charge < -0.3 is 19.3 Å². The first-order chi connectivity index (χ1) is 16.1. The number of carbonyl (C=O) groups is 2. The zero-order chi connectivity index (χ0) is 25.0. The number of rotatable bonds is 6. The van der Waals surface area contributed by atoms with Gasteiger partial charge in [0.15, 0.2) is 9.84 Å². The minimum absolute atomic E-state index is 0.0376. The Labute approximate surface area is 201 Å². The van der Waals surface area contributed by atoms with Gasteiger partial charge in [0.1, 0.15) is 5.70 Å². The van der Waals surface area contributed by atoms with E-state index in [1.807, 2.05) is 0 Å². The van der Waals surface area contributed by atoms with Crippen molar-refractivity contribution in [2.24, 2.45) is 5.92 Å². The molecular weight excluding hydrogens is 456 g/mol. The van der Waals surface area contributed by atoms with E-state index in [1.54, 1.807) is 50.4 Å². The zero-order valence-electron chi connectivity index (χ0n) is 20.3. The molecule has 1 aromatic rings. The maximum atomic E-state index is 13.3. The Kier molecular flexibility index (Phi) is 7.86. The van der Waals surface area contributed by atoms with E-state index in [1.165, 1.54) is 25.2 Å². The smallest absolute Gasteiger partial charge is 0.355 e. The normalized spacial score (nSPS) is 17.2. The van der Waals surface area contributed by atoms with E-state index in [0.29, 0.717) is 5.92 Å². The molecule has 184 valence electrons. The summed E-state index contributed by atoms with van der Waals surface area (Å²) in [6, 6.07) is 5.15. The fourth-order valence-corrected chi connectivity index (χ4v) is 5.22. The van der Waals surface area contributed by atoms with E-state index in [0.717, 1.165) is 31.6 Å². The Bertz CT molecular complexity index is 1140. The number of hydrogen-bond donors (Lipinski definition) is 0. The SMILES string of the molecule is COC(=O)C1=C(C(=O)OC)N(c2cc(N3CCC(C)CC3)ccc2S(=O)(=O)C(C)C)C=CC=C1. The van der Waals surface area contributed by atoms with Gasteiger partial charge in [0.25, 0.3) is 0 Å². The van der Waals surface area contributed by atoms with Crippen molar-refractivity contribution in [1.82, 2.24) is 0 Å². The van der Waals surface area contributed by atoms with E-state index >= 15 is 0 Å². The molecule has 1 fully saturated rings. The Morgan fingerprint density at radius 3 is 2.26 bits per heavy atom. The van der Waals surface area contributed by atoms with Crippen molar-refractivity contribution < 1.29 is 27.5 Å². The molecule has 0 amide bonds. The van der Waals surface area contributed by atoms with E-state index in [4.69, 9.17) is 9.47 Å². The van der Waals surface area contributed by atoms with Crippen molar-refractivity contribution >= 4 is 33.2 Å². The third-order valence-corrected chi connectivity index (χ3v) is 8.37. The molecule has 8 nitrogen and oxygen atoms in total. The first kappa shape index (κ1) is 25.6. The van der Waals surface area contributed by atoms with Crippen molar-refractivity contribution in [2.45, 2.75) is 43.8 Å². The highest BCUT2D eigenvalue weighted by Crippen LogP contribution is 2.37. The van der Waals surface area contributed by atoms with Gasteiger partial charge in [-0.05, 0) is 63.0 Å². The Morgan fingerprint density at radius 2 is 1.68 bits per heavy atom. The predicted octanol–water partition coefficient (Wildman–Crippen LogP) is 3.60. The largest absolute Gasteiger partial charge is 0.465 e. The highest BCUT2D eigenvalue weighted by Gasteiger charge is 2.32. The number of anilines is 2. The van der Waals surface area contributed by atoms with Crippen LogP contribution >= 0.6 is 0 Å². The van der Waals surface area contributed by atoms with Crippen molar-refractivity contribution in [3.05, 3.63) is 53.9 Å². The molecule has 9 heteroatoms. The number of nitrogens with zero attached hydrogens (tertiary/aromatic N) is 2. The van der Waals surface area contributed by atoms with Gasteiger partial charge in [0.05, 0.1) is 35.6 Å². The quantitative estimate of drug-likeness (QED) is 0.561. The summed E-state index contributed by atoms with van der Waals surface area (Å²) in [6.45, 7) is 7.13. The molecule has 0 N–H and O–H groups in total. The average molecular weight is 489 g/mol. The van der Waals surface area contributed by atoms with E-state index < -0.39 is 27.0 Å². The van der Waals surface area contributed by atoms with Crippen LogP contribution in [0.4, 0.5) is 11.4 Å². The monoisotopic (exact) mass is 488 g/mol. The molecule has 0 atom stereocenters. The summed E-state index contributed by atoms with van der Waals surface area (Å²) >= 11 is 0. The summed E-state index contributed by atoms with van der Waals surface area (Å²) in [7, 11) is -1.31. The molecule has 3 rings (SSSR count). The summed E-state index contributed by atoms with van der Waals surface area (Å²) in [5, 5.41) is -0.687. The molecule has 2 heterocycles. The van der Waals surface area contributed by atoms with E-state index in [9.17, 15) is 18.0 Å². The highest BCUT2D eigenvalue weighted by atomic mass is 32.2. The topological polar surface area (TPSA) is 93.2 Å². The van der Waals surface area contributed by atoms with Crippen molar-refractivity contribution in [3.63, 3.8) is 0 Å². The fraction of sp³-hybridized carbons (Fsp3) is 0.440. The number of benzene rings is 1. The maximum absolute atomic E-state index is 13.3. The molecule has 0 spiro atoms. The van der Waals surface area contributed by atoms with Crippen molar-refractivity contribution in [2.75, 3.05) is 37.1 Å². The molecular formula is C25H32N2O6S. The van der Waals surface area contributed by atoms with Gasteiger partial charge in [0, 0.05) is 25.0 Å². The summed E-state index contributed by atoms with van der Waals surface area (Å²) < 4.78 is 36.5. The van der Waals surface area contributed by atoms with Gasteiger partial charge in [-0.15, -0.1) is 0 Å². The third kappa shape index (κ3) is 5.04. The number of esters is 2. The second-order valence-electron chi connectivity index (χ2n) is 8.73. The predicted molar refractivity (Wildman–Crippen MR) is 131 cm³/mol. The summed E-state index contributed by atoms with van der Waals surface area (Å²) in [4.78, 5) is 29.1. The summed E-state index contributed by atoms with van der Waals surface area (Å²) in [5.74, 6) is -0.895. The van der Waals surface area contributed by atoms with Crippen LogP contribution in [0.5, 0.6) is 0 Å². The Morgan fingerprint density at radius 1 is 1.03 bits per heavy atom. The molecule has 2 aliphatic rings. The number of sulfone groups is 1. The van der Waals surface area contributed by atoms with Gasteiger partial charge in [-0.3, -0.25) is 0 Å². The van der Waals surface area contributed by atoms with Gasteiger partial charge in [0.2, 0.25) is 0 Å². The molecule has 0 unspecified atom stereocenters. The van der Waals surface area contributed by atoms with Gasteiger partial charge in [-0.1, -0.05) is 13.0 Å². The third-order valence-electron chi connectivity index (χ3n) is 6.17. The van der Waals surface area contributed by atoms with Crippen LogP contribution in [-0.2, 0) is 28.9 Å². The molecule has 34 heavy (non-hydrogen) atoms. The molecule has 0 radical (unpaired) electrons. The molecule has 1 saturated heterocycles. The molecule has 1 aromatic carbocycles. The highest BCUT2D eigenvalue weighted by molar-refractivity contribution is 7.92. The molecule has 0 bridgehead atoms. The molecule has 0 aliphatic carbocycles. The van der Waals surface area contributed by atoms with Crippen LogP contribution in [0.2, 0.25) is 0 Å². The van der Waals surface area contributed by atoms with Gasteiger partial charge in [-0.25, -0.2) is 18.0 Å². The first-order valence-electron chi connectivity index (χ1n) is 11.3. The van der Waals surface area contributed by atoms with E-state index in [-0.39, 0.29) is 21.9 Å². The standard InChI is InChI=1S/C25H32N2O6S/c1-17(2)34(30,31)22-10-9-19(26-14-11-18(3)12-15-26)16-21(22)27-13-7-6-8-20(24(28)32-4)23(27)25(29)33-5/h6-10,13,16-18H,11-12,14-15H2,1-5H3. The van der Waals surface area contributed by atoms with Crippen molar-refractivity contribution in [1.29, 1.82) is 0 Å². The van der Waals surface area contributed by atoms with E-state index in [2.05, 4.69) is 11.8 Å². The maximum Gasteiger partial charge on any atom is 0.355 e. The molecule has 0 saturated carbocycles. The van der Waals surface area contributed by atoms with Crippen molar-refractivity contribution in [3.8, 4) is 0 Å². The second kappa shape index (κ2) is 10.5. The number of ether oxygens (including phenoxy) is 2. The lowest BCUT2D eigenvalue weighted by Crippen LogP contribution is -2.33. The molecule has 2 aliphatic heterocycles. The number of hydrogen-bond acceptors (Lipinski definition) is 8. The lowest BCUT2D eigenvalue weighted by molar-refractivity contribution is -0.139.